The first-order valence-electron chi connectivity index (χ1n) is 5.28. The lowest BCUT2D eigenvalue weighted by molar-refractivity contribution is 0.0954. The summed E-state index contributed by atoms with van der Waals surface area (Å²) < 4.78 is 5.14. The first-order valence-corrected chi connectivity index (χ1v) is 6.03. The third kappa shape index (κ3) is 3.56. The molecule has 0 atom stereocenters. The standard InChI is InChI=1S/C12H9Cl2N3O2/c1-7(9-3-2-4-19-9)16-17-12(18)8-5-10(13)15-11(14)6-8/h2-6H,1H3,(H,17,18)/b16-7-. The lowest BCUT2D eigenvalue weighted by atomic mass is 10.2. The quantitative estimate of drug-likeness (QED) is 0.538. The second kappa shape index (κ2) is 5.86. The Morgan fingerprint density at radius 1 is 1.37 bits per heavy atom. The smallest absolute Gasteiger partial charge is 0.271 e. The molecule has 0 unspecified atom stereocenters. The number of halogens is 2. The molecule has 5 nitrogen and oxygen atoms in total. The van der Waals surface area contributed by atoms with Crippen LogP contribution in [0, 0.1) is 0 Å². The van der Waals surface area contributed by atoms with Crippen molar-refractivity contribution in [1.82, 2.24) is 10.4 Å². The number of nitrogens with one attached hydrogen (secondary N) is 1. The van der Waals surface area contributed by atoms with Crippen molar-refractivity contribution in [1.29, 1.82) is 0 Å². The van der Waals surface area contributed by atoms with E-state index < -0.39 is 5.91 Å². The van der Waals surface area contributed by atoms with Crippen LogP contribution in [0.1, 0.15) is 23.0 Å². The van der Waals surface area contributed by atoms with E-state index >= 15 is 0 Å². The third-order valence-electron chi connectivity index (χ3n) is 2.23. The third-order valence-corrected chi connectivity index (χ3v) is 2.62. The lowest BCUT2D eigenvalue weighted by Crippen LogP contribution is -2.19. The molecule has 0 aliphatic carbocycles. The first-order chi connectivity index (χ1) is 9.06. The fourth-order valence-corrected chi connectivity index (χ4v) is 1.80. The predicted octanol–water partition coefficient (Wildman–Crippen LogP) is 3.14. The molecule has 0 aromatic carbocycles. The monoisotopic (exact) mass is 297 g/mol. The number of hydrogen-bond donors (Lipinski definition) is 1. The molecule has 2 aromatic heterocycles. The van der Waals surface area contributed by atoms with Crippen LogP contribution in [-0.2, 0) is 0 Å². The molecule has 0 aliphatic rings. The van der Waals surface area contributed by atoms with Crippen LogP contribution >= 0.6 is 23.2 Å². The summed E-state index contributed by atoms with van der Waals surface area (Å²) in [6, 6.07) is 6.28. The molecule has 2 aromatic rings. The largest absolute Gasteiger partial charge is 0.463 e. The molecule has 0 bridgehead atoms. The van der Waals surface area contributed by atoms with Crippen LogP contribution in [0.4, 0.5) is 0 Å². The van der Waals surface area contributed by atoms with E-state index in [-0.39, 0.29) is 15.9 Å². The van der Waals surface area contributed by atoms with E-state index in [1.807, 2.05) is 0 Å². The van der Waals surface area contributed by atoms with Crippen LogP contribution in [0.15, 0.2) is 40.0 Å². The highest BCUT2D eigenvalue weighted by atomic mass is 35.5. The second-order valence-electron chi connectivity index (χ2n) is 3.62. The molecule has 2 heterocycles. The van der Waals surface area contributed by atoms with Crippen LogP contribution in [0.2, 0.25) is 10.3 Å². The maximum atomic E-state index is 11.8. The van der Waals surface area contributed by atoms with Gasteiger partial charge in [0.25, 0.3) is 5.91 Å². The molecule has 98 valence electrons. The maximum Gasteiger partial charge on any atom is 0.271 e. The summed E-state index contributed by atoms with van der Waals surface area (Å²) in [5.41, 5.74) is 3.21. The van der Waals surface area contributed by atoms with E-state index in [0.29, 0.717) is 11.5 Å². The van der Waals surface area contributed by atoms with Gasteiger partial charge in [-0.25, -0.2) is 10.4 Å². The average molecular weight is 298 g/mol. The molecule has 2 rings (SSSR count). The zero-order valence-corrected chi connectivity index (χ0v) is 11.4. The van der Waals surface area contributed by atoms with Gasteiger partial charge in [-0.15, -0.1) is 0 Å². The Hall–Kier alpha value is -1.85. The van der Waals surface area contributed by atoms with E-state index in [9.17, 15) is 4.79 Å². The van der Waals surface area contributed by atoms with Gasteiger partial charge < -0.3 is 4.42 Å². The summed E-state index contributed by atoms with van der Waals surface area (Å²) in [5, 5.41) is 4.20. The van der Waals surface area contributed by atoms with E-state index in [4.69, 9.17) is 27.6 Å². The Bertz CT molecular complexity index is 604. The van der Waals surface area contributed by atoms with Gasteiger partial charge in [0.15, 0.2) is 0 Å². The van der Waals surface area contributed by atoms with Gasteiger partial charge in [0.2, 0.25) is 0 Å². The van der Waals surface area contributed by atoms with Crippen molar-refractivity contribution in [3.8, 4) is 0 Å². The lowest BCUT2D eigenvalue weighted by Gasteiger charge is -2.02. The molecular weight excluding hydrogens is 289 g/mol. The number of amides is 1. The fraction of sp³-hybridized carbons (Fsp3) is 0.0833. The number of carbonyl (C=O) groups excluding carboxylic acids is 1. The van der Waals surface area contributed by atoms with E-state index in [2.05, 4.69) is 15.5 Å². The minimum Gasteiger partial charge on any atom is -0.463 e. The van der Waals surface area contributed by atoms with Gasteiger partial charge in [0.05, 0.1) is 6.26 Å². The van der Waals surface area contributed by atoms with Crippen molar-refractivity contribution < 1.29 is 9.21 Å². The van der Waals surface area contributed by atoms with E-state index in [0.717, 1.165) is 0 Å². The molecule has 7 heteroatoms. The molecular formula is C12H9Cl2N3O2. The van der Waals surface area contributed by atoms with Gasteiger partial charge in [0, 0.05) is 5.56 Å². The molecule has 0 spiro atoms. The summed E-state index contributed by atoms with van der Waals surface area (Å²) in [5.74, 6) is 0.142. The number of hydrazone groups is 1. The molecule has 1 amide bonds. The van der Waals surface area contributed by atoms with Crippen LogP contribution in [0.3, 0.4) is 0 Å². The number of hydrogen-bond acceptors (Lipinski definition) is 4. The Balaban J connectivity index is 2.11. The van der Waals surface area contributed by atoms with Gasteiger partial charge in [-0.1, -0.05) is 23.2 Å². The highest BCUT2D eigenvalue weighted by Gasteiger charge is 2.08. The number of furan rings is 1. The number of aromatic nitrogens is 1. The highest BCUT2D eigenvalue weighted by Crippen LogP contribution is 2.14. The van der Waals surface area contributed by atoms with Crippen molar-refractivity contribution >= 4 is 34.8 Å². The molecule has 0 saturated heterocycles. The second-order valence-corrected chi connectivity index (χ2v) is 4.39. The van der Waals surface area contributed by atoms with E-state index in [1.54, 1.807) is 19.1 Å². The van der Waals surface area contributed by atoms with Crippen molar-refractivity contribution in [2.75, 3.05) is 0 Å². The first kappa shape index (κ1) is 13.6. The highest BCUT2D eigenvalue weighted by molar-refractivity contribution is 6.33. The molecule has 0 aliphatic heterocycles. The Morgan fingerprint density at radius 3 is 2.63 bits per heavy atom. The summed E-state index contributed by atoms with van der Waals surface area (Å²) in [6.07, 6.45) is 1.53. The number of carbonyl (C=O) groups is 1. The van der Waals surface area contributed by atoms with Gasteiger partial charge >= 0.3 is 0 Å². The fourth-order valence-electron chi connectivity index (χ4n) is 1.33. The molecule has 0 radical (unpaired) electrons. The van der Waals surface area contributed by atoms with Gasteiger partial charge in [-0.2, -0.15) is 5.10 Å². The maximum absolute atomic E-state index is 11.8. The number of rotatable bonds is 3. The zero-order chi connectivity index (χ0) is 13.8. The minimum absolute atomic E-state index is 0.143. The minimum atomic E-state index is -0.433. The van der Waals surface area contributed by atoms with Gasteiger partial charge in [0.1, 0.15) is 21.8 Å². The van der Waals surface area contributed by atoms with Crippen LogP contribution < -0.4 is 5.43 Å². The van der Waals surface area contributed by atoms with Crippen molar-refractivity contribution in [2.45, 2.75) is 6.92 Å². The molecule has 0 fully saturated rings. The molecule has 19 heavy (non-hydrogen) atoms. The normalized spacial score (nSPS) is 11.4. The summed E-state index contributed by atoms with van der Waals surface area (Å²) >= 11 is 11.4. The summed E-state index contributed by atoms with van der Waals surface area (Å²) in [6.45, 7) is 1.71. The van der Waals surface area contributed by atoms with Crippen LogP contribution in [-0.4, -0.2) is 16.6 Å². The van der Waals surface area contributed by atoms with Crippen LogP contribution in [0.25, 0.3) is 0 Å². The van der Waals surface area contributed by atoms with Gasteiger partial charge in [-0.3, -0.25) is 4.79 Å². The number of nitrogens with zero attached hydrogens (tertiary/aromatic N) is 2. The summed E-state index contributed by atoms with van der Waals surface area (Å²) in [7, 11) is 0. The Kier molecular flexibility index (Phi) is 4.19. The predicted molar refractivity (Wildman–Crippen MR) is 72.6 cm³/mol. The topological polar surface area (TPSA) is 67.5 Å². The molecule has 0 saturated carbocycles. The Morgan fingerprint density at radius 2 is 2.05 bits per heavy atom. The van der Waals surface area contributed by atoms with Crippen molar-refractivity contribution in [3.05, 3.63) is 52.2 Å². The zero-order valence-electron chi connectivity index (χ0n) is 9.85. The Labute approximate surface area is 119 Å². The SMILES string of the molecule is C/C(=N/NC(=O)c1cc(Cl)nc(Cl)c1)c1ccco1. The van der Waals surface area contributed by atoms with Crippen molar-refractivity contribution in [3.63, 3.8) is 0 Å². The average Bonchev–Trinajstić information content (AvgIpc) is 2.88. The van der Waals surface area contributed by atoms with Gasteiger partial charge in [-0.05, 0) is 31.2 Å². The number of pyridine rings is 1. The molecule has 1 N–H and O–H groups in total. The summed E-state index contributed by atoms with van der Waals surface area (Å²) in [4.78, 5) is 15.6. The van der Waals surface area contributed by atoms with E-state index in [1.165, 1.54) is 18.4 Å². The van der Waals surface area contributed by atoms with Crippen molar-refractivity contribution in [2.24, 2.45) is 5.10 Å². The van der Waals surface area contributed by atoms with Crippen LogP contribution in [0.5, 0.6) is 0 Å².